The molecule has 0 amide bonds. The Morgan fingerprint density at radius 2 is 2.67 bits per heavy atom. The number of carbonyl (C=O) groups is 1. The number of hydrogen-bond donors (Lipinski definition) is 0. The highest BCUT2D eigenvalue weighted by Crippen LogP contribution is 1.94. The summed E-state index contributed by atoms with van der Waals surface area (Å²) in [6.07, 6.45) is 0. The first-order chi connectivity index (χ1) is 5.80. The van der Waals surface area contributed by atoms with Crippen LogP contribution < -0.4 is 0 Å². The van der Waals surface area contributed by atoms with Crippen molar-refractivity contribution in [2.45, 2.75) is 20.7 Å². The minimum atomic E-state index is -2.57. The molecule has 0 atom stereocenters. The second-order valence-corrected chi connectivity index (χ2v) is 1.35. The summed E-state index contributed by atoms with van der Waals surface area (Å²) in [5.41, 5.74) is -0.547. The van der Waals surface area contributed by atoms with E-state index in [9.17, 15) is 4.79 Å². The van der Waals surface area contributed by atoms with E-state index in [1.54, 1.807) is 6.92 Å². The highest BCUT2D eigenvalue weighted by atomic mass is 16.5. The van der Waals surface area contributed by atoms with Crippen molar-refractivity contribution in [3.05, 3.63) is 11.6 Å². The fraction of sp³-hybridized carbons (Fsp3) is 0.571. The number of carbonyl (C=O) groups excluding carboxylic acids is 1. The van der Waals surface area contributed by atoms with Crippen LogP contribution in [-0.4, -0.2) is 12.6 Å². The average molecular weight is 132 g/mol. The topological polar surface area (TPSA) is 26.3 Å². The van der Waals surface area contributed by atoms with Crippen LogP contribution in [0.25, 0.3) is 0 Å². The summed E-state index contributed by atoms with van der Waals surface area (Å²) in [7, 11) is 0. The van der Waals surface area contributed by atoms with E-state index in [1.807, 2.05) is 0 Å². The molecule has 0 saturated heterocycles. The largest absolute Gasteiger partial charge is 0.463 e. The minimum absolute atomic E-state index is 0.103. The van der Waals surface area contributed by atoms with Crippen LogP contribution in [0, 0.1) is 0 Å². The van der Waals surface area contributed by atoms with Gasteiger partial charge in [-0.2, -0.15) is 0 Å². The summed E-state index contributed by atoms with van der Waals surface area (Å²) >= 11 is 0. The van der Waals surface area contributed by atoms with Crippen molar-refractivity contribution in [3.63, 3.8) is 0 Å². The molecule has 0 bridgehead atoms. The highest BCUT2D eigenvalue weighted by molar-refractivity contribution is 5.87. The van der Waals surface area contributed by atoms with E-state index in [0.717, 1.165) is 0 Å². The molecule has 0 heterocycles. The van der Waals surface area contributed by atoms with E-state index < -0.39 is 18.4 Å². The summed E-state index contributed by atoms with van der Waals surface area (Å²) in [4.78, 5) is 11.1. The summed E-state index contributed by atoms with van der Waals surface area (Å²) in [5, 5.41) is 0. The molecule has 0 aromatic rings. The van der Waals surface area contributed by atoms with Crippen LogP contribution >= 0.6 is 0 Å². The number of esters is 1. The molecule has 0 aliphatic carbocycles. The first-order valence-electron chi connectivity index (χ1n) is 4.65. The number of rotatable bonds is 2. The molecular formula is C7H12O2. The monoisotopic (exact) mass is 132 g/mol. The van der Waals surface area contributed by atoms with Crippen molar-refractivity contribution in [3.8, 4) is 0 Å². The summed E-state index contributed by atoms with van der Waals surface area (Å²) in [6, 6.07) is -0.279. The normalized spacial score (nSPS) is 20.2. The van der Waals surface area contributed by atoms with Crippen molar-refractivity contribution in [1.29, 1.82) is 0 Å². The van der Waals surface area contributed by atoms with Crippen molar-refractivity contribution < 1.29 is 15.0 Å². The lowest BCUT2D eigenvalue weighted by Crippen LogP contribution is -2.04. The van der Waals surface area contributed by atoms with E-state index in [4.69, 9.17) is 5.48 Å². The zero-order valence-electron chi connectivity index (χ0n) is 9.52. The first kappa shape index (κ1) is 3.40. The van der Waals surface area contributed by atoms with Crippen molar-refractivity contribution in [1.82, 2.24) is 0 Å². The van der Waals surface area contributed by atoms with Gasteiger partial charge in [0, 0.05) is 9.69 Å². The Morgan fingerprint density at radius 1 is 2.00 bits per heavy atom. The molecule has 9 heavy (non-hydrogen) atoms. The summed E-state index contributed by atoms with van der Waals surface area (Å²) in [5.74, 6) is -0.935. The maximum absolute atomic E-state index is 11.1. The third-order valence-electron chi connectivity index (χ3n) is 0.730. The first-order valence-corrected chi connectivity index (χ1v) is 2.65. The zero-order chi connectivity index (χ0) is 10.6. The van der Waals surface area contributed by atoms with Gasteiger partial charge in [-0.15, -0.1) is 0 Å². The fourth-order valence-corrected chi connectivity index (χ4v) is 0.305. The summed E-state index contributed by atoms with van der Waals surface area (Å²) in [6.45, 7) is 0.358. The molecule has 52 valence electrons. The Balaban J connectivity index is 4.87. The van der Waals surface area contributed by atoms with Crippen LogP contribution in [0.15, 0.2) is 11.6 Å². The van der Waals surface area contributed by atoms with E-state index in [2.05, 4.69) is 4.74 Å². The third-order valence-corrected chi connectivity index (χ3v) is 0.730. The van der Waals surface area contributed by atoms with Gasteiger partial charge in [0.05, 0.1) is 7.98 Å². The lowest BCUT2D eigenvalue weighted by atomic mass is 10.3. The van der Waals surface area contributed by atoms with Gasteiger partial charge in [-0.05, 0) is 20.7 Å². The Morgan fingerprint density at radius 3 is 3.00 bits per heavy atom. The highest BCUT2D eigenvalue weighted by Gasteiger charge is 2.00. The third kappa shape index (κ3) is 2.90. The molecule has 0 aliphatic heterocycles. The molecule has 2 heteroatoms. The molecule has 0 N–H and O–H groups in total. The Bertz CT molecular complexity index is 225. The maximum Gasteiger partial charge on any atom is 0.333 e. The van der Waals surface area contributed by atoms with Crippen LogP contribution in [0.1, 0.15) is 26.2 Å². The van der Waals surface area contributed by atoms with Gasteiger partial charge in [0.15, 0.2) is 0 Å². The van der Waals surface area contributed by atoms with Gasteiger partial charge in [0.25, 0.3) is 0 Å². The molecule has 0 unspecified atom stereocenters. The van der Waals surface area contributed by atoms with Gasteiger partial charge >= 0.3 is 5.97 Å². The Labute approximate surface area is 61.1 Å². The van der Waals surface area contributed by atoms with E-state index in [0.29, 0.717) is 0 Å². The van der Waals surface area contributed by atoms with Crippen LogP contribution in [0.4, 0.5) is 0 Å². The molecule has 0 spiro atoms. The van der Waals surface area contributed by atoms with Gasteiger partial charge < -0.3 is 4.74 Å². The van der Waals surface area contributed by atoms with Crippen LogP contribution in [-0.2, 0) is 9.53 Å². The van der Waals surface area contributed by atoms with Gasteiger partial charge in [-0.25, -0.2) is 4.79 Å². The predicted octanol–water partition coefficient (Wildman–Crippen LogP) is 1.52. The number of ether oxygens (including phenoxy) is 1. The Hall–Kier alpha value is -0.790. The Kier molecular flexibility index (Phi) is 1.56. The number of allylic oxidation sites excluding steroid dienone is 1. The van der Waals surface area contributed by atoms with E-state index >= 15 is 0 Å². The standard InChI is InChI=1S/C7H12O2/c1-4-6(3)7(8)9-5-2/h4H,5H2,1-3H3/b6-4+/i3D3,4D. The zero-order valence-corrected chi connectivity index (χ0v) is 5.52. The van der Waals surface area contributed by atoms with Gasteiger partial charge in [0.1, 0.15) is 0 Å². The molecule has 0 rings (SSSR count). The minimum Gasteiger partial charge on any atom is -0.463 e. The molecule has 0 aromatic heterocycles. The van der Waals surface area contributed by atoms with Crippen molar-refractivity contribution in [2.75, 3.05) is 6.61 Å². The van der Waals surface area contributed by atoms with Gasteiger partial charge in [0.2, 0.25) is 0 Å². The van der Waals surface area contributed by atoms with E-state index in [-0.39, 0.29) is 12.7 Å². The van der Waals surface area contributed by atoms with E-state index in [1.165, 1.54) is 6.92 Å². The second-order valence-electron chi connectivity index (χ2n) is 1.35. The van der Waals surface area contributed by atoms with Crippen molar-refractivity contribution >= 4 is 5.97 Å². The maximum atomic E-state index is 11.1. The van der Waals surface area contributed by atoms with Crippen LogP contribution in [0.3, 0.4) is 0 Å². The fourth-order valence-electron chi connectivity index (χ4n) is 0.305. The average Bonchev–Trinajstić information content (AvgIpc) is 1.82. The molecule has 0 aromatic carbocycles. The SMILES string of the molecule is [2H]/C(C)=C(\C(=O)OCC)C([2H])([2H])[2H]. The van der Waals surface area contributed by atoms with Gasteiger partial charge in [-0.1, -0.05) is 6.05 Å². The molecule has 2 nitrogen and oxygen atoms in total. The molecule has 0 aliphatic rings. The van der Waals surface area contributed by atoms with Gasteiger partial charge in [-0.3, -0.25) is 0 Å². The van der Waals surface area contributed by atoms with Crippen molar-refractivity contribution in [2.24, 2.45) is 0 Å². The molecular weight excluding hydrogens is 116 g/mol. The molecule has 0 fully saturated rings. The molecule has 0 radical (unpaired) electrons. The smallest absolute Gasteiger partial charge is 0.333 e. The lowest BCUT2D eigenvalue weighted by molar-refractivity contribution is -0.138. The predicted molar refractivity (Wildman–Crippen MR) is 36.1 cm³/mol. The quantitative estimate of drug-likeness (QED) is 0.420. The van der Waals surface area contributed by atoms with Crippen LogP contribution in [0.5, 0.6) is 0 Å². The van der Waals surface area contributed by atoms with Crippen LogP contribution in [0.2, 0.25) is 0 Å². The lowest BCUT2D eigenvalue weighted by Gasteiger charge is -1.98. The molecule has 0 saturated carbocycles. The second kappa shape index (κ2) is 4.13. The summed E-state index contributed by atoms with van der Waals surface area (Å²) < 4.78 is 32.6. The number of hydrogen-bond acceptors (Lipinski definition) is 2.